The summed E-state index contributed by atoms with van der Waals surface area (Å²) in [6, 6.07) is 0. The van der Waals surface area contributed by atoms with Crippen LogP contribution in [0, 0.1) is 6.92 Å². The van der Waals surface area contributed by atoms with Gasteiger partial charge in [0.25, 0.3) is 0 Å². The number of rotatable bonds is 9. The summed E-state index contributed by atoms with van der Waals surface area (Å²) in [6.07, 6.45) is 3.79. The Balaban J connectivity index is 2.10. The van der Waals surface area contributed by atoms with E-state index in [1.807, 2.05) is 6.92 Å². The lowest BCUT2D eigenvalue weighted by atomic mass is 10.3. The number of nitrogens with zero attached hydrogens (tertiary/aromatic N) is 2. The largest absolute Gasteiger partial charge is 0.368 e. The molecule has 2 aromatic heterocycles. The molecular weight excluding hydrogens is 310 g/mol. The number of aryl methyl sites for hydroxylation is 1. The lowest BCUT2D eigenvalue weighted by Crippen LogP contribution is -2.25. The predicted molar refractivity (Wildman–Crippen MR) is 97.2 cm³/mol. The standard InChI is InChI=1S/C16H21N5OS/c1-4-7-17-12(22)6-9-18-15-14-13(11(3)10-23-14)20-16(21-15)19-8-5-2/h4-5,10H,1-2,6-9H2,3H3,(H,17,22)(H2,18,19,20,21). The van der Waals surface area contributed by atoms with Crippen LogP contribution in [0.3, 0.4) is 0 Å². The van der Waals surface area contributed by atoms with Gasteiger partial charge in [-0.2, -0.15) is 4.98 Å². The van der Waals surface area contributed by atoms with Crippen LogP contribution in [0.5, 0.6) is 0 Å². The lowest BCUT2D eigenvalue weighted by Gasteiger charge is -2.09. The van der Waals surface area contributed by atoms with Gasteiger partial charge in [-0.3, -0.25) is 4.79 Å². The quantitative estimate of drug-likeness (QED) is 0.616. The van der Waals surface area contributed by atoms with Gasteiger partial charge in [-0.1, -0.05) is 12.2 Å². The second-order valence-electron chi connectivity index (χ2n) is 4.93. The van der Waals surface area contributed by atoms with Crippen molar-refractivity contribution in [1.82, 2.24) is 15.3 Å². The van der Waals surface area contributed by atoms with Crippen molar-refractivity contribution in [2.24, 2.45) is 0 Å². The van der Waals surface area contributed by atoms with Gasteiger partial charge in [0, 0.05) is 26.1 Å². The zero-order chi connectivity index (χ0) is 16.7. The van der Waals surface area contributed by atoms with Gasteiger partial charge >= 0.3 is 0 Å². The number of hydrogen-bond donors (Lipinski definition) is 3. The van der Waals surface area contributed by atoms with E-state index in [0.717, 1.165) is 21.6 Å². The molecule has 0 bridgehead atoms. The Labute approximate surface area is 139 Å². The molecular formula is C16H21N5OS. The summed E-state index contributed by atoms with van der Waals surface area (Å²) in [5, 5.41) is 11.1. The Morgan fingerprint density at radius 2 is 2.04 bits per heavy atom. The molecule has 0 aliphatic carbocycles. The van der Waals surface area contributed by atoms with E-state index in [1.165, 1.54) is 0 Å². The van der Waals surface area contributed by atoms with E-state index < -0.39 is 0 Å². The van der Waals surface area contributed by atoms with Crippen molar-refractivity contribution in [3.8, 4) is 0 Å². The topological polar surface area (TPSA) is 78.9 Å². The van der Waals surface area contributed by atoms with Gasteiger partial charge in [0.1, 0.15) is 5.82 Å². The van der Waals surface area contributed by atoms with E-state index in [-0.39, 0.29) is 5.91 Å². The van der Waals surface area contributed by atoms with Crippen LogP contribution in [-0.2, 0) is 4.79 Å². The first kappa shape index (κ1) is 17.0. The molecule has 1 amide bonds. The Kier molecular flexibility index (Phi) is 6.10. The first-order valence-corrected chi connectivity index (χ1v) is 8.25. The first-order chi connectivity index (χ1) is 11.2. The molecule has 2 rings (SSSR count). The highest BCUT2D eigenvalue weighted by atomic mass is 32.1. The van der Waals surface area contributed by atoms with E-state index >= 15 is 0 Å². The maximum atomic E-state index is 11.6. The molecule has 0 aromatic carbocycles. The van der Waals surface area contributed by atoms with Crippen molar-refractivity contribution < 1.29 is 4.79 Å². The number of aromatic nitrogens is 2. The highest BCUT2D eigenvalue weighted by molar-refractivity contribution is 7.18. The molecule has 0 spiro atoms. The molecule has 0 atom stereocenters. The zero-order valence-electron chi connectivity index (χ0n) is 13.2. The van der Waals surface area contributed by atoms with E-state index in [1.54, 1.807) is 23.5 Å². The van der Waals surface area contributed by atoms with Crippen LogP contribution in [0.25, 0.3) is 10.2 Å². The summed E-state index contributed by atoms with van der Waals surface area (Å²) in [6.45, 7) is 10.9. The Morgan fingerprint density at radius 1 is 1.26 bits per heavy atom. The second kappa shape index (κ2) is 8.28. The van der Waals surface area contributed by atoms with Crippen molar-refractivity contribution in [2.75, 3.05) is 30.3 Å². The fourth-order valence-electron chi connectivity index (χ4n) is 1.96. The van der Waals surface area contributed by atoms with Crippen molar-refractivity contribution in [1.29, 1.82) is 0 Å². The third-order valence-electron chi connectivity index (χ3n) is 3.09. The van der Waals surface area contributed by atoms with E-state index in [0.29, 0.717) is 32.0 Å². The van der Waals surface area contributed by atoms with Crippen molar-refractivity contribution in [3.05, 3.63) is 36.3 Å². The average Bonchev–Trinajstić information content (AvgIpc) is 2.92. The van der Waals surface area contributed by atoms with E-state index in [2.05, 4.69) is 44.5 Å². The van der Waals surface area contributed by atoms with Crippen molar-refractivity contribution in [2.45, 2.75) is 13.3 Å². The zero-order valence-corrected chi connectivity index (χ0v) is 14.0. The lowest BCUT2D eigenvalue weighted by molar-refractivity contribution is -0.120. The molecule has 0 radical (unpaired) electrons. The fraction of sp³-hybridized carbons (Fsp3) is 0.312. The summed E-state index contributed by atoms with van der Waals surface area (Å²) in [5.41, 5.74) is 2.04. The number of fused-ring (bicyclic) bond motifs is 1. The normalized spacial score (nSPS) is 10.3. The molecule has 7 heteroatoms. The number of amides is 1. The summed E-state index contributed by atoms with van der Waals surface area (Å²) in [5.74, 6) is 1.28. The summed E-state index contributed by atoms with van der Waals surface area (Å²) < 4.78 is 0.998. The highest BCUT2D eigenvalue weighted by Crippen LogP contribution is 2.30. The minimum Gasteiger partial charge on any atom is -0.368 e. The van der Waals surface area contributed by atoms with Crippen LogP contribution in [0.2, 0.25) is 0 Å². The van der Waals surface area contributed by atoms with Crippen LogP contribution < -0.4 is 16.0 Å². The molecule has 23 heavy (non-hydrogen) atoms. The third kappa shape index (κ3) is 4.53. The van der Waals surface area contributed by atoms with E-state index in [9.17, 15) is 4.79 Å². The number of carbonyl (C=O) groups excluding carboxylic acids is 1. The fourth-order valence-corrected chi connectivity index (χ4v) is 2.92. The van der Waals surface area contributed by atoms with Crippen LogP contribution in [-0.4, -0.2) is 35.5 Å². The smallest absolute Gasteiger partial charge is 0.225 e. The summed E-state index contributed by atoms with van der Waals surface area (Å²) in [7, 11) is 0. The highest BCUT2D eigenvalue weighted by Gasteiger charge is 2.11. The van der Waals surface area contributed by atoms with Gasteiger partial charge in [0.15, 0.2) is 0 Å². The second-order valence-corrected chi connectivity index (χ2v) is 5.81. The molecule has 0 unspecified atom stereocenters. The molecule has 0 saturated carbocycles. The van der Waals surface area contributed by atoms with E-state index in [4.69, 9.17) is 0 Å². The maximum Gasteiger partial charge on any atom is 0.225 e. The molecule has 3 N–H and O–H groups in total. The SMILES string of the molecule is C=CCNC(=O)CCNc1nc(NCC=C)nc2c(C)csc12. The van der Waals surface area contributed by atoms with Gasteiger partial charge in [0.2, 0.25) is 11.9 Å². The Hall–Kier alpha value is -2.41. The van der Waals surface area contributed by atoms with Gasteiger partial charge in [-0.15, -0.1) is 24.5 Å². The monoisotopic (exact) mass is 331 g/mol. The molecule has 0 aliphatic rings. The van der Waals surface area contributed by atoms with Crippen molar-refractivity contribution >= 4 is 39.2 Å². The minimum atomic E-state index is -0.0185. The van der Waals surface area contributed by atoms with Crippen LogP contribution in [0.15, 0.2) is 30.7 Å². The van der Waals surface area contributed by atoms with Crippen LogP contribution >= 0.6 is 11.3 Å². The summed E-state index contributed by atoms with van der Waals surface area (Å²) in [4.78, 5) is 20.6. The number of carbonyl (C=O) groups is 1. The molecule has 2 aromatic rings. The van der Waals surface area contributed by atoms with Gasteiger partial charge < -0.3 is 16.0 Å². The maximum absolute atomic E-state index is 11.6. The van der Waals surface area contributed by atoms with Crippen LogP contribution in [0.4, 0.5) is 11.8 Å². The molecule has 0 saturated heterocycles. The van der Waals surface area contributed by atoms with Gasteiger partial charge in [-0.25, -0.2) is 4.98 Å². The molecule has 2 heterocycles. The molecule has 0 fully saturated rings. The van der Waals surface area contributed by atoms with Gasteiger partial charge in [-0.05, 0) is 17.9 Å². The first-order valence-electron chi connectivity index (χ1n) is 7.37. The minimum absolute atomic E-state index is 0.0185. The van der Waals surface area contributed by atoms with Crippen molar-refractivity contribution in [3.63, 3.8) is 0 Å². The summed E-state index contributed by atoms with van der Waals surface area (Å²) >= 11 is 1.60. The predicted octanol–water partition coefficient (Wildman–Crippen LogP) is 2.70. The molecule has 0 aliphatic heterocycles. The van der Waals surface area contributed by atoms with Gasteiger partial charge in [0.05, 0.1) is 10.2 Å². The number of hydrogen-bond acceptors (Lipinski definition) is 6. The number of anilines is 2. The molecule has 122 valence electrons. The Bertz CT molecular complexity index is 710. The number of thiophene rings is 1. The Morgan fingerprint density at radius 3 is 2.78 bits per heavy atom. The number of nitrogens with one attached hydrogen (secondary N) is 3. The average molecular weight is 331 g/mol. The third-order valence-corrected chi connectivity index (χ3v) is 4.18. The van der Waals surface area contributed by atoms with Crippen LogP contribution in [0.1, 0.15) is 12.0 Å². The molecule has 6 nitrogen and oxygen atoms in total.